The van der Waals surface area contributed by atoms with E-state index in [1.807, 2.05) is 181 Å². The fraction of sp³-hybridized carbons (Fsp3) is 0.520. The van der Waals surface area contributed by atoms with Crippen molar-refractivity contribution in [1.82, 2.24) is 67.4 Å². The van der Waals surface area contributed by atoms with Crippen LogP contribution in [0, 0.1) is 6.92 Å². The Morgan fingerprint density at radius 1 is 0.373 bits per heavy atom. The summed E-state index contributed by atoms with van der Waals surface area (Å²) in [6.45, 7) is 45.4. The molecular formula is C100H144N14O19S. The van der Waals surface area contributed by atoms with Crippen LogP contribution in [0.25, 0.3) is 45.3 Å². The van der Waals surface area contributed by atoms with Crippen molar-refractivity contribution in [3.63, 3.8) is 0 Å². The Balaban J connectivity index is 0.000000273. The van der Waals surface area contributed by atoms with Crippen LogP contribution in [-0.4, -0.2) is 281 Å². The Hall–Kier alpha value is -11.7. The quantitative estimate of drug-likeness (QED) is 0.0279. The van der Waals surface area contributed by atoms with E-state index in [0.717, 1.165) is 129 Å². The number of benzene rings is 4. The molecule has 4 fully saturated rings. The fourth-order valence-corrected chi connectivity index (χ4v) is 15.3. The van der Waals surface area contributed by atoms with E-state index in [2.05, 4.69) is 87.4 Å². The third kappa shape index (κ3) is 49.3. The highest BCUT2D eigenvalue weighted by Gasteiger charge is 2.24. The van der Waals surface area contributed by atoms with Crippen molar-refractivity contribution in [1.29, 1.82) is 0 Å². The average Bonchev–Trinajstić information content (AvgIpc) is 1.61. The molecule has 33 nitrogen and oxygen atoms in total. The van der Waals surface area contributed by atoms with E-state index in [1.165, 1.54) is 132 Å². The molecule has 9 aromatic rings. The number of aryl methyl sites for hydroxylation is 2. The predicted octanol–water partition coefficient (Wildman–Crippen LogP) is 13.9. The molecule has 13 rings (SSSR count). The molecule has 5 atom stereocenters. The molecular weight excluding hydrogens is 1730 g/mol. The molecule has 0 spiro atoms. The van der Waals surface area contributed by atoms with Gasteiger partial charge >= 0.3 is 53.7 Å². The number of carbonyl (C=O) groups is 9. The van der Waals surface area contributed by atoms with Gasteiger partial charge in [-0.25, -0.2) is 24.9 Å². The second-order valence-electron chi connectivity index (χ2n) is 32.2. The van der Waals surface area contributed by atoms with Crippen molar-refractivity contribution in [2.75, 3.05) is 130 Å². The van der Waals surface area contributed by atoms with Gasteiger partial charge in [0.05, 0.1) is 63.7 Å². The summed E-state index contributed by atoms with van der Waals surface area (Å²) in [6.07, 6.45) is 22.8. The number of aromatic nitrogens is 10. The number of ether oxygens (including phenoxy) is 10. The third-order valence-corrected chi connectivity index (χ3v) is 21.2. The smallest absolute Gasteiger partial charge is 0.302 e. The number of morpholine rings is 1. The minimum atomic E-state index is -0.287. The van der Waals surface area contributed by atoms with E-state index in [-0.39, 0.29) is 84.2 Å². The Kier molecular flexibility index (Phi) is 55.4. The number of likely N-dealkylation sites (tertiary alicyclic amines) is 2. The zero-order valence-corrected chi connectivity index (χ0v) is 82.3. The second-order valence-corrected chi connectivity index (χ2v) is 33.4. The molecule has 0 bridgehead atoms. The highest BCUT2D eigenvalue weighted by atomic mass is 32.2. The fourth-order valence-electron chi connectivity index (χ4n) is 14.3. The van der Waals surface area contributed by atoms with Crippen LogP contribution in [0.2, 0.25) is 0 Å². The second kappa shape index (κ2) is 65.8. The number of piperidine rings is 1. The molecule has 4 aliphatic heterocycles. The van der Waals surface area contributed by atoms with Gasteiger partial charge in [-0.05, 0) is 93.4 Å². The van der Waals surface area contributed by atoms with E-state index in [9.17, 15) is 43.2 Å². The first-order chi connectivity index (χ1) is 64.4. The summed E-state index contributed by atoms with van der Waals surface area (Å²) in [5.41, 5.74) is 6.12. The van der Waals surface area contributed by atoms with E-state index >= 15 is 0 Å². The lowest BCUT2D eigenvalue weighted by Gasteiger charge is -2.25. The van der Waals surface area contributed by atoms with Gasteiger partial charge in [-0.3, -0.25) is 62.8 Å². The molecule has 34 heteroatoms. The summed E-state index contributed by atoms with van der Waals surface area (Å²) in [4.78, 5) is 127. The van der Waals surface area contributed by atoms with Gasteiger partial charge in [-0.1, -0.05) is 135 Å². The normalized spacial score (nSPS) is 14.6. The molecule has 5 unspecified atom stereocenters. The number of imidazole rings is 5. The first-order valence-corrected chi connectivity index (χ1v) is 47.2. The van der Waals surface area contributed by atoms with Gasteiger partial charge in [0.2, 0.25) is 0 Å². The minimum Gasteiger partial charge on any atom is -0.465 e. The lowest BCUT2D eigenvalue weighted by Crippen LogP contribution is -2.38. The maximum absolute atomic E-state index is 11.5. The predicted molar refractivity (Wildman–Crippen MR) is 517 cm³/mol. The van der Waals surface area contributed by atoms with Crippen molar-refractivity contribution in [3.05, 3.63) is 189 Å². The topological polar surface area (TPSA) is 348 Å². The molecule has 4 aromatic carbocycles. The number of nitrogens with zero attached hydrogens (tertiary/aromatic N) is 14. The summed E-state index contributed by atoms with van der Waals surface area (Å²) in [5.74, 6) is 4.09. The third-order valence-electron chi connectivity index (χ3n) is 20.3. The summed E-state index contributed by atoms with van der Waals surface area (Å²) in [5, 5.41) is 0. The number of esters is 9. The largest absolute Gasteiger partial charge is 0.465 e. The van der Waals surface area contributed by atoms with Crippen LogP contribution in [0.5, 0.6) is 0 Å². The van der Waals surface area contributed by atoms with Crippen molar-refractivity contribution in [2.45, 2.75) is 213 Å². The van der Waals surface area contributed by atoms with Crippen LogP contribution in [0.3, 0.4) is 0 Å². The van der Waals surface area contributed by atoms with Crippen LogP contribution in [0.1, 0.15) is 148 Å². The van der Waals surface area contributed by atoms with Gasteiger partial charge in [0.25, 0.3) is 0 Å². The maximum Gasteiger partial charge on any atom is 0.302 e. The van der Waals surface area contributed by atoms with Gasteiger partial charge in [0.1, 0.15) is 80.2 Å². The molecule has 9 heterocycles. The molecule has 134 heavy (non-hydrogen) atoms. The minimum absolute atomic E-state index is 0.100. The Morgan fingerprint density at radius 3 is 1.14 bits per heavy atom. The standard InChI is InChI=1S/C26H24N2O2.C14H16N2O2.C10H16N2O2.C9H14N2O2.C9H17NO2.C8H12N2O2.C8H15NO3.C8H15NO2S.C8H15NO2/c1-19(30-20(2)29)18-28-25(22-14-8-4-9-15-22)24(21-12-6-3-7-13-21)27-26(28)23-16-10-5-11-17-23;1-11(18-12(2)17)10-16-9-8-15-14(16)13-6-4-3-5-7-13;1-4-10-11-5-6-12(10)7-8(2)14-9(3)13;1-7(13-9(3)12)6-11-5-4-10-8(11)2;1-9(11)12-8-7-10-5-3-2-4-6-10;1-7(12-8(2)11)5-10-4-3-9-6-10;1-8(10)12-7-4-9-2-5-11-6-3-9;1-8(10)11-5-2-9-3-6-12-7-4-9;1-8(10)11-7-6-9-4-2-3-5-9/h3-17,19H,18H2,1-2H3;3-9,11H,10H2,1-2H3;5-6,8H,4,7H2,1-3H3;4-5,7H,6H2,1-3H3;2-8H2,1H3;3-4,6-7H,5H2,1-2H3;2*2-7H2,1H3;2-7H2,1H3. The molecule has 0 aliphatic carbocycles. The maximum atomic E-state index is 11.5. The first-order valence-electron chi connectivity index (χ1n) is 46.1. The summed E-state index contributed by atoms with van der Waals surface area (Å²) in [6, 6.07) is 40.5. The molecule has 0 radical (unpaired) electrons. The Morgan fingerprint density at radius 2 is 0.731 bits per heavy atom. The zero-order valence-electron chi connectivity index (χ0n) is 81.5. The van der Waals surface area contributed by atoms with Gasteiger partial charge in [0.15, 0.2) is 0 Å². The van der Waals surface area contributed by atoms with Gasteiger partial charge in [-0.15, -0.1) is 0 Å². The molecule has 5 aromatic heterocycles. The number of hydrogen-bond acceptors (Lipinski definition) is 29. The van der Waals surface area contributed by atoms with Crippen LogP contribution in [-0.2, 0) is 130 Å². The van der Waals surface area contributed by atoms with Crippen LogP contribution < -0.4 is 0 Å². The highest BCUT2D eigenvalue weighted by Crippen LogP contribution is 2.37. The monoisotopic (exact) mass is 1880 g/mol. The Labute approximate surface area is 795 Å². The first kappa shape index (κ1) is 113. The van der Waals surface area contributed by atoms with E-state index in [0.29, 0.717) is 59.2 Å². The van der Waals surface area contributed by atoms with E-state index < -0.39 is 0 Å². The molecule has 0 amide bonds. The summed E-state index contributed by atoms with van der Waals surface area (Å²) < 4.78 is 60.1. The number of thioether (sulfide) groups is 1. The van der Waals surface area contributed by atoms with Gasteiger partial charge < -0.3 is 70.2 Å². The van der Waals surface area contributed by atoms with Gasteiger partial charge in [0, 0.05) is 204 Å². The number of hydrogen-bond donors (Lipinski definition) is 0. The summed E-state index contributed by atoms with van der Waals surface area (Å²) >= 11 is 1.99. The number of carbonyl (C=O) groups excluding carboxylic acids is 9. The Bertz CT molecular complexity index is 4680. The van der Waals surface area contributed by atoms with Crippen molar-refractivity contribution in [2.24, 2.45) is 0 Å². The molecule has 4 aliphatic rings. The molecule has 4 saturated heterocycles. The van der Waals surface area contributed by atoms with Crippen LogP contribution >= 0.6 is 11.8 Å². The van der Waals surface area contributed by atoms with Crippen LogP contribution in [0.4, 0.5) is 0 Å². The van der Waals surface area contributed by atoms with Gasteiger partial charge in [-0.2, -0.15) is 11.8 Å². The molecule has 0 N–H and O–H groups in total. The van der Waals surface area contributed by atoms with Crippen molar-refractivity contribution in [3.8, 4) is 45.3 Å². The van der Waals surface area contributed by atoms with E-state index in [4.69, 9.17) is 52.4 Å². The van der Waals surface area contributed by atoms with Crippen LogP contribution in [0.15, 0.2) is 177 Å². The molecule has 0 saturated carbocycles. The van der Waals surface area contributed by atoms with E-state index in [1.54, 1.807) is 31.1 Å². The summed E-state index contributed by atoms with van der Waals surface area (Å²) in [7, 11) is 0. The highest BCUT2D eigenvalue weighted by molar-refractivity contribution is 7.99. The average molecular weight is 1880 g/mol. The number of rotatable bonds is 32. The van der Waals surface area contributed by atoms with Crippen molar-refractivity contribution >= 4 is 65.5 Å². The lowest BCUT2D eigenvalue weighted by atomic mass is 10.0. The SMILES string of the molecule is CC(=O)OC(C)Cn1c(-c2ccccc2)nc(-c2ccccc2)c1-c1ccccc1.CC(=O)OC(C)Cn1ccnc1.CC(=O)OC(C)Cn1ccnc1-c1ccccc1.CC(=O)OC(C)Cn1ccnc1C.CC(=O)OCCN1CCCC1.CC(=O)OCCN1CCCCC1.CC(=O)OCCN1CCOCC1.CC(=O)OCCN1CCSCC1.CCc1nccn1CC(C)OC(C)=O. The molecule has 734 valence electrons. The zero-order chi connectivity index (χ0) is 97.8. The lowest BCUT2D eigenvalue weighted by molar-refractivity contribution is -0.147. The van der Waals surface area contributed by atoms with Crippen molar-refractivity contribution < 1.29 is 90.5 Å².